The average Bonchev–Trinajstić information content (AvgIpc) is 2.11. The lowest BCUT2D eigenvalue weighted by atomic mass is 10.7. The zero-order chi connectivity index (χ0) is 10.1. The van der Waals surface area contributed by atoms with Gasteiger partial charge in [0.2, 0.25) is 0 Å². The molecular formula is C6H10N2O5-2. The van der Waals surface area contributed by atoms with Gasteiger partial charge in [-0.3, -0.25) is 9.68 Å². The van der Waals surface area contributed by atoms with Crippen molar-refractivity contribution < 1.29 is 14.6 Å². The first-order chi connectivity index (χ1) is 6.20. The topological polar surface area (TPSA) is 80.3 Å². The van der Waals surface area contributed by atoms with Gasteiger partial charge in [0.25, 0.3) is 0 Å². The van der Waals surface area contributed by atoms with Crippen molar-refractivity contribution in [1.82, 2.24) is 10.8 Å². The van der Waals surface area contributed by atoms with Gasteiger partial charge in [0.1, 0.15) is 0 Å². The lowest BCUT2D eigenvalue weighted by molar-refractivity contribution is -0.491. The summed E-state index contributed by atoms with van der Waals surface area (Å²) in [5.41, 5.74) is 0. The Labute approximate surface area is 75.4 Å². The minimum atomic E-state index is -0.391. The van der Waals surface area contributed by atoms with Gasteiger partial charge in [-0.2, -0.15) is 4.94 Å². The molecule has 0 aromatic rings. The molecule has 0 saturated heterocycles. The van der Waals surface area contributed by atoms with Crippen LogP contribution in [0.3, 0.4) is 0 Å². The van der Waals surface area contributed by atoms with Crippen molar-refractivity contribution in [3.63, 3.8) is 0 Å². The quantitative estimate of drug-likeness (QED) is 0.411. The summed E-state index contributed by atoms with van der Waals surface area (Å²) in [5, 5.41) is 20.1. The maximum atomic E-state index is 10.5. The molecule has 0 saturated carbocycles. The highest BCUT2D eigenvalue weighted by molar-refractivity contribution is 4.63. The van der Waals surface area contributed by atoms with Crippen LogP contribution >= 0.6 is 0 Å². The van der Waals surface area contributed by atoms with Crippen LogP contribution in [0.25, 0.3) is 0 Å². The molecule has 0 amide bonds. The van der Waals surface area contributed by atoms with E-state index in [1.807, 2.05) is 0 Å². The Morgan fingerprint density at radius 1 is 1.00 bits per heavy atom. The molecule has 76 valence electrons. The van der Waals surface area contributed by atoms with Crippen molar-refractivity contribution in [3.05, 3.63) is 35.7 Å². The molecule has 0 rings (SSSR count). The summed E-state index contributed by atoms with van der Waals surface area (Å²) in [5.74, 6) is 0. The summed E-state index contributed by atoms with van der Waals surface area (Å²) >= 11 is 0. The van der Waals surface area contributed by atoms with Gasteiger partial charge in [-0.25, -0.2) is 0 Å². The van der Waals surface area contributed by atoms with E-state index in [0.29, 0.717) is 0 Å². The van der Waals surface area contributed by atoms with Gasteiger partial charge >= 0.3 is 0 Å². The van der Waals surface area contributed by atoms with E-state index in [2.05, 4.69) is 27.8 Å². The molecule has 0 aromatic heterocycles. The molecular weight excluding hydrogens is 180 g/mol. The number of nitrogens with zero attached hydrogens (tertiary/aromatic N) is 2. The summed E-state index contributed by atoms with van der Waals surface area (Å²) in [4.78, 5) is 12.3. The van der Waals surface area contributed by atoms with E-state index in [4.69, 9.17) is 0 Å². The fourth-order valence-corrected chi connectivity index (χ4v) is 0.329. The molecule has 7 nitrogen and oxygen atoms in total. The van der Waals surface area contributed by atoms with Gasteiger partial charge < -0.3 is 10.4 Å². The van der Waals surface area contributed by atoms with Gasteiger partial charge in [0, 0.05) is 0 Å². The van der Waals surface area contributed by atoms with E-state index >= 15 is 0 Å². The van der Waals surface area contributed by atoms with Crippen LogP contribution in [0.15, 0.2) is 25.3 Å². The van der Waals surface area contributed by atoms with Crippen LogP contribution in [-0.2, 0) is 14.6 Å². The average molecular weight is 190 g/mol. The van der Waals surface area contributed by atoms with Gasteiger partial charge in [0.05, 0.1) is 13.2 Å². The highest BCUT2D eigenvalue weighted by atomic mass is 17.3. The summed E-state index contributed by atoms with van der Waals surface area (Å²) in [6, 6.07) is 0. The number of hydrogen-bond acceptors (Lipinski definition) is 7. The van der Waals surface area contributed by atoms with Crippen LogP contribution in [0.2, 0.25) is 0 Å². The van der Waals surface area contributed by atoms with E-state index in [1.54, 1.807) is 0 Å². The van der Waals surface area contributed by atoms with Crippen molar-refractivity contribution in [2.75, 3.05) is 13.2 Å². The Morgan fingerprint density at radius 3 is 1.69 bits per heavy atom. The van der Waals surface area contributed by atoms with Crippen LogP contribution in [0.4, 0.5) is 0 Å². The lowest BCUT2D eigenvalue weighted by Gasteiger charge is -2.32. The normalized spacial score (nSPS) is 10.8. The standard InChI is InChI=1S/C6H10N2O5/c1-3-5-11-7(9)13-8(10)12-6-4-2/h3-4H,1-2,5-6H2/q-2. The molecule has 0 unspecified atom stereocenters. The van der Waals surface area contributed by atoms with Crippen molar-refractivity contribution in [1.29, 1.82) is 0 Å². The Balaban J connectivity index is 3.45. The van der Waals surface area contributed by atoms with E-state index in [1.165, 1.54) is 12.2 Å². The summed E-state index contributed by atoms with van der Waals surface area (Å²) < 4.78 is 0. The lowest BCUT2D eigenvalue weighted by Crippen LogP contribution is -2.28. The smallest absolute Gasteiger partial charge is 0.0880 e. The second-order valence-corrected chi connectivity index (χ2v) is 1.70. The molecule has 0 aliphatic heterocycles. The van der Waals surface area contributed by atoms with Gasteiger partial charge in [0.15, 0.2) is 0 Å². The molecule has 0 aliphatic rings. The van der Waals surface area contributed by atoms with Gasteiger partial charge in [-0.15, -0.1) is 23.9 Å². The number of rotatable bonds is 8. The van der Waals surface area contributed by atoms with E-state index in [9.17, 15) is 10.4 Å². The Kier molecular flexibility index (Phi) is 7.35. The summed E-state index contributed by atoms with van der Waals surface area (Å²) in [6.07, 6.45) is 2.63. The molecule has 0 heterocycles. The van der Waals surface area contributed by atoms with Crippen molar-refractivity contribution in [3.8, 4) is 0 Å². The zero-order valence-electron chi connectivity index (χ0n) is 6.92. The van der Waals surface area contributed by atoms with Crippen LogP contribution in [0.1, 0.15) is 0 Å². The minimum absolute atomic E-state index is 0.0706. The second-order valence-electron chi connectivity index (χ2n) is 1.70. The van der Waals surface area contributed by atoms with Crippen LogP contribution in [-0.4, -0.2) is 24.0 Å². The fourth-order valence-electron chi connectivity index (χ4n) is 0.329. The molecule has 7 heteroatoms. The van der Waals surface area contributed by atoms with Crippen molar-refractivity contribution in [2.24, 2.45) is 0 Å². The Bertz CT molecular complexity index is 138. The third-order valence-corrected chi connectivity index (χ3v) is 0.729. The predicted octanol–water partition coefficient (Wildman–Crippen LogP) is 0.668. The van der Waals surface area contributed by atoms with E-state index < -0.39 is 10.8 Å². The maximum absolute atomic E-state index is 10.5. The number of hydrogen-bond donors (Lipinski definition) is 0. The molecule has 0 spiro atoms. The first-order valence-electron chi connectivity index (χ1n) is 3.31. The SMILES string of the molecule is C=CCON([O-])ON([O-])OCC=C. The zero-order valence-corrected chi connectivity index (χ0v) is 6.92. The molecule has 0 fully saturated rings. The van der Waals surface area contributed by atoms with E-state index in [0.717, 1.165) is 0 Å². The third kappa shape index (κ3) is 7.56. The second kappa shape index (κ2) is 7.83. The van der Waals surface area contributed by atoms with E-state index in [-0.39, 0.29) is 13.2 Å². The maximum Gasteiger partial charge on any atom is 0.0880 e. The predicted molar refractivity (Wildman–Crippen MR) is 43.8 cm³/mol. The van der Waals surface area contributed by atoms with Gasteiger partial charge in [-0.1, -0.05) is 12.2 Å². The molecule has 0 radical (unpaired) electrons. The van der Waals surface area contributed by atoms with Crippen molar-refractivity contribution in [2.45, 2.75) is 0 Å². The Hall–Kier alpha value is -0.800. The molecule has 0 N–H and O–H groups in total. The van der Waals surface area contributed by atoms with Crippen LogP contribution in [0, 0.1) is 10.4 Å². The van der Waals surface area contributed by atoms with Gasteiger partial charge in [-0.05, 0) is 0 Å². The first kappa shape index (κ1) is 12.2. The Morgan fingerprint density at radius 2 is 1.38 bits per heavy atom. The van der Waals surface area contributed by atoms with Crippen LogP contribution in [0.5, 0.6) is 0 Å². The monoisotopic (exact) mass is 190 g/mol. The first-order valence-corrected chi connectivity index (χ1v) is 3.31. The molecule has 0 bridgehead atoms. The summed E-state index contributed by atoms with van der Waals surface area (Å²) in [7, 11) is 0. The largest absolute Gasteiger partial charge is 0.736 e. The third-order valence-electron chi connectivity index (χ3n) is 0.729. The molecule has 0 atom stereocenters. The molecule has 0 aliphatic carbocycles. The summed E-state index contributed by atoms with van der Waals surface area (Å²) in [6.45, 7) is 6.42. The molecule has 13 heavy (non-hydrogen) atoms. The van der Waals surface area contributed by atoms with Crippen LogP contribution < -0.4 is 0 Å². The highest BCUT2D eigenvalue weighted by Gasteiger charge is 1.93. The van der Waals surface area contributed by atoms with Crippen molar-refractivity contribution >= 4 is 0 Å². The molecule has 0 aromatic carbocycles. The highest BCUT2D eigenvalue weighted by Crippen LogP contribution is 1.95. The minimum Gasteiger partial charge on any atom is -0.736 e. The fraction of sp³-hybridized carbons (Fsp3) is 0.333.